The van der Waals surface area contributed by atoms with E-state index in [0.29, 0.717) is 11.6 Å². The smallest absolute Gasteiger partial charge is 0.240 e. The number of methoxy groups -OCH3 is 1. The summed E-state index contributed by atoms with van der Waals surface area (Å²) in [7, 11) is 1.57. The molecule has 0 fully saturated rings. The number of hydrogen-bond donors (Lipinski definition) is 0. The molecule has 0 bridgehead atoms. The molecule has 1 aliphatic carbocycles. The fourth-order valence-electron chi connectivity index (χ4n) is 2.41. The highest BCUT2D eigenvalue weighted by Gasteiger charge is 2.15. The lowest BCUT2D eigenvalue weighted by molar-refractivity contribution is 0.398. The van der Waals surface area contributed by atoms with Gasteiger partial charge < -0.3 is 4.74 Å². The van der Waals surface area contributed by atoms with Gasteiger partial charge >= 0.3 is 0 Å². The van der Waals surface area contributed by atoms with E-state index in [1.165, 1.54) is 5.56 Å². The van der Waals surface area contributed by atoms with Crippen molar-refractivity contribution in [1.29, 1.82) is 0 Å². The molecule has 3 rings (SSSR count). The zero-order valence-corrected chi connectivity index (χ0v) is 11.0. The molecule has 4 nitrogen and oxygen atoms in total. The standard InChI is InChI=1S/C16H12N2O2/c1-20-15-9-12(7-8-17-15)14-6-5-11-3-2-4-13(11)16(14)18-10-19/h2,4-9H,3H2,1H3. The zero-order valence-electron chi connectivity index (χ0n) is 11.0. The van der Waals surface area contributed by atoms with Crippen molar-refractivity contribution in [1.82, 2.24) is 4.98 Å². The lowest BCUT2D eigenvalue weighted by Crippen LogP contribution is -1.90. The molecule has 0 amide bonds. The molecule has 20 heavy (non-hydrogen) atoms. The van der Waals surface area contributed by atoms with E-state index >= 15 is 0 Å². The van der Waals surface area contributed by atoms with Crippen LogP contribution in [0.25, 0.3) is 17.2 Å². The monoisotopic (exact) mass is 264 g/mol. The lowest BCUT2D eigenvalue weighted by atomic mass is 9.98. The molecule has 0 aliphatic heterocycles. The first-order valence-electron chi connectivity index (χ1n) is 6.24. The number of benzene rings is 1. The summed E-state index contributed by atoms with van der Waals surface area (Å²) in [6.07, 6.45) is 8.25. The first kappa shape index (κ1) is 12.3. The molecule has 1 aliphatic rings. The van der Waals surface area contributed by atoms with Gasteiger partial charge in [0.25, 0.3) is 0 Å². The number of ether oxygens (including phenoxy) is 1. The number of pyridine rings is 1. The minimum atomic E-state index is 0.527. The average molecular weight is 264 g/mol. The second-order valence-corrected chi connectivity index (χ2v) is 4.43. The van der Waals surface area contributed by atoms with Gasteiger partial charge in [0, 0.05) is 23.4 Å². The van der Waals surface area contributed by atoms with Gasteiger partial charge in [0.05, 0.1) is 12.8 Å². The highest BCUT2D eigenvalue weighted by atomic mass is 16.5. The van der Waals surface area contributed by atoms with Crippen molar-refractivity contribution in [2.45, 2.75) is 6.42 Å². The van der Waals surface area contributed by atoms with Crippen molar-refractivity contribution in [3.05, 3.63) is 47.7 Å². The molecule has 2 aromatic rings. The zero-order chi connectivity index (χ0) is 13.9. The number of aliphatic imine (C=N–C) groups is 1. The van der Waals surface area contributed by atoms with Crippen LogP contribution in [0.4, 0.5) is 5.69 Å². The van der Waals surface area contributed by atoms with Crippen LogP contribution in [0.15, 0.2) is 41.5 Å². The fourth-order valence-corrected chi connectivity index (χ4v) is 2.41. The quantitative estimate of drug-likeness (QED) is 0.631. The Hall–Kier alpha value is -2.71. The number of rotatable bonds is 3. The summed E-state index contributed by atoms with van der Waals surface area (Å²) < 4.78 is 5.14. The van der Waals surface area contributed by atoms with Crippen LogP contribution in [0.5, 0.6) is 5.88 Å². The molecule has 4 heteroatoms. The number of fused-ring (bicyclic) bond motifs is 1. The van der Waals surface area contributed by atoms with E-state index in [1.54, 1.807) is 19.4 Å². The molecule has 0 spiro atoms. The number of allylic oxidation sites excluding steroid dienone is 1. The number of nitrogens with zero attached hydrogens (tertiary/aromatic N) is 2. The summed E-state index contributed by atoms with van der Waals surface area (Å²) in [5, 5.41) is 0. The van der Waals surface area contributed by atoms with E-state index < -0.39 is 0 Å². The van der Waals surface area contributed by atoms with E-state index in [9.17, 15) is 4.79 Å². The number of hydrogen-bond acceptors (Lipinski definition) is 4. The third-order valence-electron chi connectivity index (χ3n) is 3.34. The second kappa shape index (κ2) is 5.11. The van der Waals surface area contributed by atoms with E-state index in [4.69, 9.17) is 4.74 Å². The average Bonchev–Trinajstić information content (AvgIpc) is 2.97. The van der Waals surface area contributed by atoms with E-state index in [2.05, 4.69) is 22.1 Å². The van der Waals surface area contributed by atoms with Crippen LogP contribution >= 0.6 is 0 Å². The molecule has 1 aromatic carbocycles. The molecule has 0 N–H and O–H groups in total. The van der Waals surface area contributed by atoms with Crippen molar-refractivity contribution in [3.8, 4) is 17.0 Å². The van der Waals surface area contributed by atoms with Crippen LogP contribution in [0.3, 0.4) is 0 Å². The first-order valence-corrected chi connectivity index (χ1v) is 6.24. The summed E-state index contributed by atoms with van der Waals surface area (Å²) in [5.41, 5.74) is 4.60. The van der Waals surface area contributed by atoms with Crippen LogP contribution in [0.2, 0.25) is 0 Å². The molecule has 0 saturated carbocycles. The van der Waals surface area contributed by atoms with Crippen LogP contribution in [0.1, 0.15) is 11.1 Å². The molecule has 1 heterocycles. The summed E-state index contributed by atoms with van der Waals surface area (Å²) in [5.74, 6) is 0.527. The Bertz CT molecular complexity index is 744. The summed E-state index contributed by atoms with van der Waals surface area (Å²) in [6, 6.07) is 7.72. The number of aromatic nitrogens is 1. The Morgan fingerprint density at radius 1 is 1.35 bits per heavy atom. The van der Waals surface area contributed by atoms with Crippen molar-refractivity contribution in [2.24, 2.45) is 4.99 Å². The Balaban J connectivity index is 2.23. The first-order chi connectivity index (χ1) is 9.83. The number of carbonyl (C=O) groups excluding carboxylic acids is 1. The second-order valence-electron chi connectivity index (χ2n) is 4.43. The van der Waals surface area contributed by atoms with Crippen molar-refractivity contribution < 1.29 is 9.53 Å². The van der Waals surface area contributed by atoms with E-state index in [-0.39, 0.29) is 0 Å². The Morgan fingerprint density at radius 3 is 3.05 bits per heavy atom. The Morgan fingerprint density at radius 2 is 2.25 bits per heavy atom. The lowest BCUT2D eigenvalue weighted by Gasteiger charge is -2.10. The van der Waals surface area contributed by atoms with Crippen LogP contribution in [-0.4, -0.2) is 18.2 Å². The van der Waals surface area contributed by atoms with Crippen LogP contribution in [-0.2, 0) is 11.2 Å². The van der Waals surface area contributed by atoms with Crippen LogP contribution < -0.4 is 4.74 Å². The molecular weight excluding hydrogens is 252 g/mol. The van der Waals surface area contributed by atoms with Gasteiger partial charge in [-0.05, 0) is 23.6 Å². The minimum absolute atomic E-state index is 0.527. The SMILES string of the molecule is COc1cc(-c2ccc3c(c2N=C=O)C=CC3)ccn1. The highest BCUT2D eigenvalue weighted by molar-refractivity contribution is 5.86. The Labute approximate surface area is 116 Å². The predicted molar refractivity (Wildman–Crippen MR) is 76.7 cm³/mol. The van der Waals surface area contributed by atoms with Crippen LogP contribution in [0, 0.1) is 0 Å². The third kappa shape index (κ3) is 2.02. The summed E-state index contributed by atoms with van der Waals surface area (Å²) >= 11 is 0. The van der Waals surface area contributed by atoms with E-state index in [0.717, 1.165) is 23.1 Å². The van der Waals surface area contributed by atoms with Gasteiger partial charge in [-0.1, -0.05) is 24.3 Å². The van der Waals surface area contributed by atoms with Crippen molar-refractivity contribution in [2.75, 3.05) is 7.11 Å². The molecule has 0 saturated heterocycles. The maximum absolute atomic E-state index is 10.7. The largest absolute Gasteiger partial charge is 0.481 e. The van der Waals surface area contributed by atoms with Gasteiger partial charge in [-0.15, -0.1) is 0 Å². The maximum Gasteiger partial charge on any atom is 0.240 e. The van der Waals surface area contributed by atoms with Gasteiger partial charge in [-0.3, -0.25) is 0 Å². The topological polar surface area (TPSA) is 51.5 Å². The summed E-state index contributed by atoms with van der Waals surface area (Å²) in [6.45, 7) is 0. The van der Waals surface area contributed by atoms with E-state index in [1.807, 2.05) is 24.3 Å². The molecule has 0 radical (unpaired) electrons. The molecule has 98 valence electrons. The minimum Gasteiger partial charge on any atom is -0.481 e. The third-order valence-corrected chi connectivity index (χ3v) is 3.34. The molecular formula is C16H12N2O2. The van der Waals surface area contributed by atoms with Gasteiger partial charge in [-0.25, -0.2) is 9.78 Å². The molecule has 0 atom stereocenters. The van der Waals surface area contributed by atoms with Gasteiger partial charge in [0.1, 0.15) is 0 Å². The normalized spacial score (nSPS) is 11.8. The molecule has 0 unspecified atom stereocenters. The van der Waals surface area contributed by atoms with Gasteiger partial charge in [0.15, 0.2) is 0 Å². The molecule has 1 aromatic heterocycles. The Kier molecular flexibility index (Phi) is 3.15. The highest BCUT2D eigenvalue weighted by Crippen LogP contribution is 2.38. The van der Waals surface area contributed by atoms with Crippen molar-refractivity contribution >= 4 is 17.8 Å². The number of isocyanates is 1. The fraction of sp³-hybridized carbons (Fsp3) is 0.125. The van der Waals surface area contributed by atoms with Gasteiger partial charge in [0.2, 0.25) is 12.0 Å². The summed E-state index contributed by atoms with van der Waals surface area (Å²) in [4.78, 5) is 18.7. The van der Waals surface area contributed by atoms with Crippen molar-refractivity contribution in [3.63, 3.8) is 0 Å². The van der Waals surface area contributed by atoms with Gasteiger partial charge in [-0.2, -0.15) is 4.99 Å². The predicted octanol–water partition coefficient (Wildman–Crippen LogP) is 3.29. The maximum atomic E-state index is 10.7.